The first kappa shape index (κ1) is 19.2. The highest BCUT2D eigenvalue weighted by Crippen LogP contribution is 2.50. The maximum Gasteiger partial charge on any atom is 0.233 e. The van der Waals surface area contributed by atoms with Gasteiger partial charge in [0.25, 0.3) is 0 Å². The van der Waals surface area contributed by atoms with Crippen molar-refractivity contribution in [2.24, 2.45) is 0 Å². The zero-order chi connectivity index (χ0) is 18.8. The smallest absolute Gasteiger partial charge is 0.233 e. The van der Waals surface area contributed by atoms with E-state index in [9.17, 15) is 4.79 Å². The minimum absolute atomic E-state index is 0.142. The van der Waals surface area contributed by atoms with Crippen LogP contribution in [0.5, 0.6) is 5.75 Å². The zero-order valence-electron chi connectivity index (χ0n) is 16.6. The number of hydrogen-bond donors (Lipinski definition) is 0. The van der Waals surface area contributed by atoms with E-state index in [0.717, 1.165) is 63.1 Å². The molecule has 1 saturated carbocycles. The molecule has 0 unspecified atom stereocenters. The molecule has 2 fully saturated rings. The van der Waals surface area contributed by atoms with E-state index in [4.69, 9.17) is 9.47 Å². The molecule has 3 rings (SSSR count). The third-order valence-electron chi connectivity index (χ3n) is 6.50. The first-order valence-electron chi connectivity index (χ1n) is 9.58. The van der Waals surface area contributed by atoms with E-state index in [1.54, 1.807) is 14.2 Å². The second-order valence-corrected chi connectivity index (χ2v) is 7.96. The van der Waals surface area contributed by atoms with Gasteiger partial charge in [0, 0.05) is 32.3 Å². The molecule has 0 aromatic heterocycles. The normalized spacial score (nSPS) is 20.9. The largest absolute Gasteiger partial charge is 0.497 e. The van der Waals surface area contributed by atoms with E-state index in [0.29, 0.717) is 5.91 Å². The van der Waals surface area contributed by atoms with Crippen LogP contribution in [0.25, 0.3) is 0 Å². The van der Waals surface area contributed by atoms with Crippen molar-refractivity contribution in [2.75, 3.05) is 48.0 Å². The maximum absolute atomic E-state index is 13.3. The first-order chi connectivity index (χ1) is 12.5. The van der Waals surface area contributed by atoms with Gasteiger partial charge in [0.2, 0.25) is 5.91 Å². The van der Waals surface area contributed by atoms with E-state index in [1.165, 1.54) is 0 Å². The van der Waals surface area contributed by atoms with Crippen molar-refractivity contribution in [1.82, 2.24) is 9.80 Å². The van der Waals surface area contributed by atoms with Crippen molar-refractivity contribution in [1.29, 1.82) is 0 Å². The Hall–Kier alpha value is -1.59. The molecule has 0 N–H and O–H groups in total. The number of carbonyl (C=O) groups is 1. The van der Waals surface area contributed by atoms with Gasteiger partial charge >= 0.3 is 0 Å². The van der Waals surface area contributed by atoms with Crippen LogP contribution in [0.4, 0.5) is 0 Å². The Bertz CT molecular complexity index is 615. The van der Waals surface area contributed by atoms with Gasteiger partial charge in [-0.15, -0.1) is 0 Å². The quantitative estimate of drug-likeness (QED) is 0.750. The Labute approximate surface area is 157 Å². The summed E-state index contributed by atoms with van der Waals surface area (Å²) in [5.74, 6) is 1.14. The first-order valence-corrected chi connectivity index (χ1v) is 9.58. The second-order valence-electron chi connectivity index (χ2n) is 7.96. The van der Waals surface area contributed by atoms with Gasteiger partial charge in [0.05, 0.1) is 12.5 Å². The highest BCUT2D eigenvalue weighted by Gasteiger charge is 2.53. The van der Waals surface area contributed by atoms with Crippen molar-refractivity contribution in [3.63, 3.8) is 0 Å². The third-order valence-corrected chi connectivity index (χ3v) is 6.50. The van der Waals surface area contributed by atoms with Crippen molar-refractivity contribution < 1.29 is 14.3 Å². The number of likely N-dealkylation sites (tertiary alicyclic amines) is 1. The van der Waals surface area contributed by atoms with Crippen LogP contribution in [-0.2, 0) is 14.9 Å². The molecule has 1 saturated heterocycles. The Balaban J connectivity index is 1.68. The molecule has 1 aromatic carbocycles. The Morgan fingerprint density at radius 2 is 1.69 bits per heavy atom. The summed E-state index contributed by atoms with van der Waals surface area (Å²) in [6.45, 7) is 2.43. The van der Waals surface area contributed by atoms with Crippen molar-refractivity contribution in [3.8, 4) is 5.75 Å². The van der Waals surface area contributed by atoms with Gasteiger partial charge in [-0.25, -0.2) is 0 Å². The molecular formula is C21H32N2O3. The maximum atomic E-state index is 13.3. The van der Waals surface area contributed by atoms with E-state index >= 15 is 0 Å². The molecule has 144 valence electrons. The lowest BCUT2D eigenvalue weighted by Gasteiger charge is -2.47. The minimum atomic E-state index is -0.295. The summed E-state index contributed by atoms with van der Waals surface area (Å²) in [5, 5.41) is 0. The van der Waals surface area contributed by atoms with Crippen LogP contribution in [0.2, 0.25) is 0 Å². The molecule has 1 aliphatic carbocycles. The Morgan fingerprint density at radius 3 is 2.15 bits per heavy atom. The summed E-state index contributed by atoms with van der Waals surface area (Å²) in [7, 11) is 7.72. The van der Waals surface area contributed by atoms with Gasteiger partial charge in [0.15, 0.2) is 0 Å². The summed E-state index contributed by atoms with van der Waals surface area (Å²) in [5.41, 5.74) is 0.979. The van der Waals surface area contributed by atoms with Crippen molar-refractivity contribution in [3.05, 3.63) is 29.8 Å². The summed E-state index contributed by atoms with van der Waals surface area (Å²) >= 11 is 0. The number of ether oxygens (including phenoxy) is 2. The molecular weight excluding hydrogens is 328 g/mol. The molecule has 1 heterocycles. The number of hydrogen-bond acceptors (Lipinski definition) is 4. The van der Waals surface area contributed by atoms with Crippen LogP contribution < -0.4 is 4.74 Å². The highest BCUT2D eigenvalue weighted by atomic mass is 16.5. The second kappa shape index (κ2) is 7.57. The van der Waals surface area contributed by atoms with Crippen molar-refractivity contribution >= 4 is 5.91 Å². The van der Waals surface area contributed by atoms with Gasteiger partial charge < -0.3 is 19.3 Å². The summed E-state index contributed by atoms with van der Waals surface area (Å²) in [6.07, 6.45) is 4.94. The van der Waals surface area contributed by atoms with Gasteiger partial charge in [0.1, 0.15) is 5.75 Å². The van der Waals surface area contributed by atoms with Crippen LogP contribution in [0.3, 0.4) is 0 Å². The van der Waals surface area contributed by atoms with Crippen molar-refractivity contribution in [2.45, 2.75) is 43.1 Å². The molecule has 0 radical (unpaired) electrons. The molecule has 0 spiro atoms. The predicted molar refractivity (Wildman–Crippen MR) is 103 cm³/mol. The molecule has 1 amide bonds. The van der Waals surface area contributed by atoms with Gasteiger partial charge in [-0.3, -0.25) is 4.79 Å². The van der Waals surface area contributed by atoms with Crippen LogP contribution in [-0.4, -0.2) is 69.3 Å². The van der Waals surface area contributed by atoms with E-state index in [2.05, 4.69) is 36.0 Å². The van der Waals surface area contributed by atoms with Crippen LogP contribution in [0.15, 0.2) is 24.3 Å². The minimum Gasteiger partial charge on any atom is -0.497 e. The summed E-state index contributed by atoms with van der Waals surface area (Å²) in [6, 6.07) is 8.02. The monoisotopic (exact) mass is 360 g/mol. The average Bonchev–Trinajstić information content (AvgIpc) is 3.48. The number of nitrogens with zero attached hydrogens (tertiary/aromatic N) is 2. The SMILES string of the molecule is COCCC1(N(C)C)CCN(C(=O)C2(c3ccc(OC)cc3)CC2)CC1. The Kier molecular flexibility index (Phi) is 5.58. The van der Waals surface area contributed by atoms with E-state index in [-0.39, 0.29) is 11.0 Å². The number of methoxy groups -OCH3 is 2. The van der Waals surface area contributed by atoms with Crippen LogP contribution >= 0.6 is 0 Å². The molecule has 2 aliphatic rings. The molecule has 5 heteroatoms. The fraction of sp³-hybridized carbons (Fsp3) is 0.667. The lowest BCUT2D eigenvalue weighted by Crippen LogP contribution is -2.55. The number of amides is 1. The van der Waals surface area contributed by atoms with E-state index < -0.39 is 0 Å². The van der Waals surface area contributed by atoms with Crippen LogP contribution in [0, 0.1) is 0 Å². The van der Waals surface area contributed by atoms with Gasteiger partial charge in [-0.2, -0.15) is 0 Å². The number of carbonyl (C=O) groups excluding carboxylic acids is 1. The third kappa shape index (κ3) is 3.47. The standard InChI is InChI=1S/C21H32N2O3/c1-22(2)20(13-16-25-3)11-14-23(15-12-20)19(24)21(9-10-21)17-5-7-18(26-4)8-6-17/h5-8H,9-16H2,1-4H3. The molecule has 0 atom stereocenters. The number of piperidine rings is 1. The zero-order valence-corrected chi connectivity index (χ0v) is 16.6. The fourth-order valence-electron chi connectivity index (χ4n) is 4.30. The number of benzene rings is 1. The lowest BCUT2D eigenvalue weighted by atomic mass is 9.82. The summed E-state index contributed by atoms with van der Waals surface area (Å²) in [4.78, 5) is 17.7. The highest BCUT2D eigenvalue weighted by molar-refractivity contribution is 5.91. The topological polar surface area (TPSA) is 42.0 Å². The van der Waals surface area contributed by atoms with E-state index in [1.807, 2.05) is 12.1 Å². The molecule has 0 bridgehead atoms. The lowest BCUT2D eigenvalue weighted by molar-refractivity contribution is -0.136. The Morgan fingerprint density at radius 1 is 1.08 bits per heavy atom. The fourth-order valence-corrected chi connectivity index (χ4v) is 4.30. The van der Waals surface area contributed by atoms with Gasteiger partial charge in [-0.05, 0) is 63.9 Å². The molecule has 1 aromatic rings. The van der Waals surface area contributed by atoms with Crippen LogP contribution in [0.1, 0.15) is 37.7 Å². The van der Waals surface area contributed by atoms with Gasteiger partial charge in [-0.1, -0.05) is 12.1 Å². The molecule has 5 nitrogen and oxygen atoms in total. The molecule has 1 aliphatic heterocycles. The summed E-state index contributed by atoms with van der Waals surface area (Å²) < 4.78 is 10.6. The average molecular weight is 360 g/mol. The predicted octanol–water partition coefficient (Wildman–Crippen LogP) is 2.69. The number of rotatable bonds is 7. The molecule has 26 heavy (non-hydrogen) atoms.